The average molecular weight is 190 g/mol. The Morgan fingerprint density at radius 2 is 2.09 bits per heavy atom. The summed E-state index contributed by atoms with van der Waals surface area (Å²) < 4.78 is 1.51. The molecule has 0 unspecified atom stereocenters. The zero-order valence-corrected chi connectivity index (χ0v) is 8.08. The third-order valence-corrected chi connectivity index (χ3v) is 2.56. The molecule has 1 aromatic heterocycles. The Bertz CT molecular complexity index is 234. The van der Waals surface area contributed by atoms with E-state index >= 15 is 0 Å². The van der Waals surface area contributed by atoms with Gasteiger partial charge in [0, 0.05) is 0 Å². The molecular formula is C5H10N4S2. The summed E-state index contributed by atoms with van der Waals surface area (Å²) >= 11 is 3.08. The second kappa shape index (κ2) is 3.87. The molecule has 0 saturated carbocycles. The number of hydrogen-bond acceptors (Lipinski definition) is 5. The first-order valence-corrected chi connectivity index (χ1v) is 5.38. The van der Waals surface area contributed by atoms with Crippen molar-refractivity contribution in [3.8, 4) is 0 Å². The molecule has 4 nitrogen and oxygen atoms in total. The lowest BCUT2D eigenvalue weighted by Gasteiger charge is -1.97. The first-order valence-electron chi connectivity index (χ1n) is 3.16. The Hall–Kier alpha value is -0.360. The number of rotatable bonds is 3. The summed E-state index contributed by atoms with van der Waals surface area (Å²) in [4.78, 5) is 0. The highest BCUT2D eigenvalue weighted by molar-refractivity contribution is 7.99. The Morgan fingerprint density at radius 1 is 1.45 bits per heavy atom. The Morgan fingerprint density at radius 3 is 2.55 bits per heavy atom. The topological polar surface area (TPSA) is 56.7 Å². The van der Waals surface area contributed by atoms with E-state index in [4.69, 9.17) is 5.84 Å². The van der Waals surface area contributed by atoms with E-state index in [-0.39, 0.29) is 0 Å². The molecule has 0 saturated heterocycles. The fraction of sp³-hybridized carbons (Fsp3) is 0.600. The lowest BCUT2D eigenvalue weighted by Crippen LogP contribution is -2.10. The second-order valence-corrected chi connectivity index (χ2v) is 3.78. The fourth-order valence-corrected chi connectivity index (χ4v) is 1.68. The van der Waals surface area contributed by atoms with Crippen LogP contribution < -0.4 is 5.84 Å². The van der Waals surface area contributed by atoms with Crippen molar-refractivity contribution < 1.29 is 0 Å². The summed E-state index contributed by atoms with van der Waals surface area (Å²) in [6, 6.07) is 0. The van der Waals surface area contributed by atoms with Crippen LogP contribution in [0.3, 0.4) is 0 Å². The van der Waals surface area contributed by atoms with Gasteiger partial charge in [0.05, 0.1) is 0 Å². The quantitative estimate of drug-likeness (QED) is 0.565. The molecule has 0 aliphatic heterocycles. The number of nitrogens with zero attached hydrogens (tertiary/aromatic N) is 3. The first kappa shape index (κ1) is 8.73. The summed E-state index contributed by atoms with van der Waals surface area (Å²) in [6.45, 7) is 2.05. The maximum absolute atomic E-state index is 5.65. The van der Waals surface area contributed by atoms with Crippen LogP contribution in [0.1, 0.15) is 6.92 Å². The Balaban J connectivity index is 2.82. The van der Waals surface area contributed by atoms with Crippen molar-refractivity contribution >= 4 is 23.5 Å². The van der Waals surface area contributed by atoms with Crippen molar-refractivity contribution in [2.45, 2.75) is 17.2 Å². The van der Waals surface area contributed by atoms with Gasteiger partial charge >= 0.3 is 0 Å². The molecule has 1 aromatic rings. The number of hydrogen-bond donors (Lipinski definition) is 1. The van der Waals surface area contributed by atoms with E-state index in [1.165, 1.54) is 16.4 Å². The molecule has 0 bridgehead atoms. The fourth-order valence-electron chi connectivity index (χ4n) is 0.630. The molecule has 1 rings (SSSR count). The third-order valence-electron chi connectivity index (χ3n) is 1.09. The van der Waals surface area contributed by atoms with Gasteiger partial charge in [0.2, 0.25) is 10.3 Å². The van der Waals surface area contributed by atoms with E-state index < -0.39 is 0 Å². The number of aromatic nitrogens is 3. The van der Waals surface area contributed by atoms with E-state index in [2.05, 4.69) is 17.1 Å². The van der Waals surface area contributed by atoms with Crippen LogP contribution in [0.2, 0.25) is 0 Å². The van der Waals surface area contributed by atoms with Gasteiger partial charge in [-0.3, -0.25) is 0 Å². The predicted octanol–water partition coefficient (Wildman–Crippen LogP) is 0.826. The molecule has 11 heavy (non-hydrogen) atoms. The summed E-state index contributed by atoms with van der Waals surface area (Å²) in [5, 5.41) is 9.32. The van der Waals surface area contributed by atoms with Gasteiger partial charge in [0.15, 0.2) is 0 Å². The molecular weight excluding hydrogens is 180 g/mol. The molecule has 62 valence electrons. The van der Waals surface area contributed by atoms with Crippen LogP contribution in [0.25, 0.3) is 0 Å². The highest BCUT2D eigenvalue weighted by Crippen LogP contribution is 2.17. The molecule has 0 aromatic carbocycles. The molecule has 0 atom stereocenters. The van der Waals surface area contributed by atoms with Gasteiger partial charge in [-0.05, 0) is 12.0 Å². The van der Waals surface area contributed by atoms with Crippen LogP contribution in [-0.4, -0.2) is 26.9 Å². The van der Waals surface area contributed by atoms with E-state index in [1.54, 1.807) is 11.8 Å². The molecule has 0 aliphatic carbocycles. The Labute approximate surface area is 73.9 Å². The molecule has 0 radical (unpaired) electrons. The van der Waals surface area contributed by atoms with Gasteiger partial charge in [0.25, 0.3) is 0 Å². The average Bonchev–Trinajstić information content (AvgIpc) is 2.34. The number of nitrogens with two attached hydrogens (primary N) is 1. The normalized spacial score (nSPS) is 10.4. The van der Waals surface area contributed by atoms with Gasteiger partial charge in [-0.25, -0.2) is 4.68 Å². The van der Waals surface area contributed by atoms with Crippen LogP contribution >= 0.6 is 23.5 Å². The second-order valence-electron chi connectivity index (χ2n) is 1.77. The molecule has 6 heteroatoms. The van der Waals surface area contributed by atoms with Crippen LogP contribution in [0.5, 0.6) is 0 Å². The lowest BCUT2D eigenvalue weighted by molar-refractivity contribution is 0.783. The van der Waals surface area contributed by atoms with Crippen molar-refractivity contribution in [2.24, 2.45) is 0 Å². The minimum atomic E-state index is 0.751. The molecule has 0 fully saturated rings. The first-order chi connectivity index (χ1) is 5.29. The smallest absolute Gasteiger partial charge is 0.210 e. The number of nitrogen functional groups attached to an aromatic ring is 1. The van der Waals surface area contributed by atoms with Crippen LogP contribution in [0.4, 0.5) is 0 Å². The van der Waals surface area contributed by atoms with E-state index in [0.717, 1.165) is 16.1 Å². The van der Waals surface area contributed by atoms with Crippen molar-refractivity contribution in [2.75, 3.05) is 17.9 Å². The van der Waals surface area contributed by atoms with E-state index in [9.17, 15) is 0 Å². The molecule has 0 spiro atoms. The minimum absolute atomic E-state index is 0.751. The van der Waals surface area contributed by atoms with Crippen molar-refractivity contribution in [1.29, 1.82) is 0 Å². The summed E-state index contributed by atoms with van der Waals surface area (Å²) in [7, 11) is 0. The van der Waals surface area contributed by atoms with Crippen molar-refractivity contribution in [1.82, 2.24) is 14.9 Å². The van der Waals surface area contributed by atoms with Crippen LogP contribution in [-0.2, 0) is 0 Å². The lowest BCUT2D eigenvalue weighted by atomic mass is 11.0. The largest absolute Gasteiger partial charge is 0.335 e. The third kappa shape index (κ3) is 1.81. The maximum Gasteiger partial charge on any atom is 0.210 e. The van der Waals surface area contributed by atoms with Gasteiger partial charge in [-0.1, -0.05) is 30.4 Å². The highest BCUT2D eigenvalue weighted by Gasteiger charge is 2.06. The summed E-state index contributed by atoms with van der Waals surface area (Å²) in [5.41, 5.74) is 0. The number of thioether (sulfide) groups is 2. The molecule has 1 heterocycles. The summed E-state index contributed by atoms with van der Waals surface area (Å²) in [6.07, 6.45) is 1.92. The molecule has 2 N–H and O–H groups in total. The van der Waals surface area contributed by atoms with Gasteiger partial charge in [-0.2, -0.15) is 0 Å². The van der Waals surface area contributed by atoms with E-state index in [1.807, 2.05) is 6.26 Å². The molecule has 0 aliphatic rings. The predicted molar refractivity (Wildman–Crippen MR) is 48.4 cm³/mol. The van der Waals surface area contributed by atoms with Crippen LogP contribution in [0.15, 0.2) is 10.3 Å². The Kier molecular flexibility index (Phi) is 3.07. The van der Waals surface area contributed by atoms with Gasteiger partial charge in [0.1, 0.15) is 0 Å². The summed E-state index contributed by atoms with van der Waals surface area (Å²) in [5.74, 6) is 6.61. The zero-order valence-electron chi connectivity index (χ0n) is 6.44. The van der Waals surface area contributed by atoms with Gasteiger partial charge in [-0.15, -0.1) is 10.2 Å². The van der Waals surface area contributed by atoms with Crippen molar-refractivity contribution in [3.63, 3.8) is 0 Å². The molecule has 0 amide bonds. The standard InChI is InChI=1S/C5H10N4S2/c1-3-11-5-8-7-4(10-2)9(5)6/h3,6H2,1-2H3. The minimum Gasteiger partial charge on any atom is -0.335 e. The van der Waals surface area contributed by atoms with Gasteiger partial charge < -0.3 is 5.84 Å². The SMILES string of the molecule is CCSc1nnc(SC)n1N. The van der Waals surface area contributed by atoms with Crippen molar-refractivity contribution in [3.05, 3.63) is 0 Å². The van der Waals surface area contributed by atoms with E-state index in [0.29, 0.717) is 0 Å². The monoisotopic (exact) mass is 190 g/mol. The van der Waals surface area contributed by atoms with Crippen LogP contribution in [0, 0.1) is 0 Å². The highest BCUT2D eigenvalue weighted by atomic mass is 32.2. The zero-order chi connectivity index (χ0) is 8.27. The maximum atomic E-state index is 5.65.